The van der Waals surface area contributed by atoms with Crippen LogP contribution in [0.15, 0.2) is 18.2 Å². The van der Waals surface area contributed by atoms with Crippen LogP contribution in [0, 0.1) is 0 Å². The second-order valence-electron chi connectivity index (χ2n) is 4.29. The molecule has 1 aliphatic rings. The van der Waals surface area contributed by atoms with E-state index in [1.807, 2.05) is 6.92 Å². The van der Waals surface area contributed by atoms with Crippen LogP contribution in [-0.4, -0.2) is 46.7 Å². The fourth-order valence-corrected chi connectivity index (χ4v) is 2.03. The third-order valence-corrected chi connectivity index (χ3v) is 2.91. The molecule has 1 aromatic rings. The van der Waals surface area contributed by atoms with Gasteiger partial charge in [-0.1, -0.05) is 0 Å². The minimum absolute atomic E-state index is 0.101. The van der Waals surface area contributed by atoms with Crippen LogP contribution in [0.4, 0.5) is 0 Å². The van der Waals surface area contributed by atoms with Gasteiger partial charge < -0.3 is 20.4 Å². The van der Waals surface area contributed by atoms with Gasteiger partial charge in [0.1, 0.15) is 11.5 Å². The van der Waals surface area contributed by atoms with Crippen molar-refractivity contribution in [2.45, 2.75) is 13.0 Å². The number of rotatable bonds is 1. The highest BCUT2D eigenvalue weighted by Crippen LogP contribution is 2.22. The molecule has 0 aromatic heterocycles. The fourth-order valence-electron chi connectivity index (χ4n) is 2.03. The van der Waals surface area contributed by atoms with Crippen molar-refractivity contribution in [1.29, 1.82) is 0 Å². The first-order chi connectivity index (χ1) is 8.08. The van der Waals surface area contributed by atoms with Gasteiger partial charge in [0.25, 0.3) is 5.91 Å². The van der Waals surface area contributed by atoms with Crippen LogP contribution in [0.2, 0.25) is 0 Å². The predicted molar refractivity (Wildman–Crippen MR) is 63.1 cm³/mol. The lowest BCUT2D eigenvalue weighted by Crippen LogP contribution is -2.52. The molecule has 1 atom stereocenters. The molecular weight excluding hydrogens is 220 g/mol. The quantitative estimate of drug-likeness (QED) is 0.665. The van der Waals surface area contributed by atoms with Crippen LogP contribution in [0.1, 0.15) is 17.3 Å². The van der Waals surface area contributed by atoms with Crippen molar-refractivity contribution in [2.75, 3.05) is 19.6 Å². The molecule has 1 aromatic carbocycles. The third kappa shape index (κ3) is 2.50. The van der Waals surface area contributed by atoms with Gasteiger partial charge in [0.2, 0.25) is 0 Å². The van der Waals surface area contributed by atoms with Crippen molar-refractivity contribution in [1.82, 2.24) is 10.2 Å². The zero-order valence-electron chi connectivity index (χ0n) is 9.68. The van der Waals surface area contributed by atoms with Crippen molar-refractivity contribution in [2.24, 2.45) is 0 Å². The average Bonchev–Trinajstić information content (AvgIpc) is 2.27. The van der Waals surface area contributed by atoms with Crippen molar-refractivity contribution < 1.29 is 15.0 Å². The molecular formula is C12H16N2O3. The molecule has 3 N–H and O–H groups in total. The Morgan fingerprint density at radius 2 is 2.00 bits per heavy atom. The van der Waals surface area contributed by atoms with E-state index in [0.29, 0.717) is 12.1 Å². The van der Waals surface area contributed by atoms with E-state index >= 15 is 0 Å². The van der Waals surface area contributed by atoms with Crippen molar-refractivity contribution in [3.05, 3.63) is 23.8 Å². The fraction of sp³-hybridized carbons (Fsp3) is 0.417. The van der Waals surface area contributed by atoms with Gasteiger partial charge in [0.05, 0.1) is 0 Å². The van der Waals surface area contributed by atoms with E-state index in [-0.39, 0.29) is 23.4 Å². The van der Waals surface area contributed by atoms with Gasteiger partial charge in [-0.15, -0.1) is 0 Å². The highest BCUT2D eigenvalue weighted by atomic mass is 16.3. The monoisotopic (exact) mass is 236 g/mol. The Labute approximate surface area is 99.7 Å². The summed E-state index contributed by atoms with van der Waals surface area (Å²) in [6, 6.07) is 4.06. The maximum Gasteiger partial charge on any atom is 0.254 e. The van der Waals surface area contributed by atoms with Crippen LogP contribution < -0.4 is 5.32 Å². The molecule has 1 saturated heterocycles. The number of hydrogen-bond donors (Lipinski definition) is 3. The first kappa shape index (κ1) is 11.7. The number of nitrogens with one attached hydrogen (secondary N) is 1. The number of aromatic hydroxyl groups is 2. The van der Waals surface area contributed by atoms with E-state index in [4.69, 9.17) is 0 Å². The molecule has 17 heavy (non-hydrogen) atoms. The lowest BCUT2D eigenvalue weighted by molar-refractivity contribution is 0.0655. The number of nitrogens with zero attached hydrogens (tertiary/aromatic N) is 1. The maximum atomic E-state index is 12.2. The Morgan fingerprint density at radius 1 is 1.35 bits per heavy atom. The lowest BCUT2D eigenvalue weighted by atomic mass is 10.1. The minimum atomic E-state index is -0.162. The van der Waals surface area contributed by atoms with Crippen LogP contribution in [0.5, 0.6) is 11.5 Å². The highest BCUT2D eigenvalue weighted by molar-refractivity contribution is 5.95. The minimum Gasteiger partial charge on any atom is -0.508 e. The molecule has 0 radical (unpaired) electrons. The van der Waals surface area contributed by atoms with Crippen molar-refractivity contribution in [3.8, 4) is 11.5 Å². The first-order valence-corrected chi connectivity index (χ1v) is 5.62. The number of carbonyl (C=O) groups is 1. The summed E-state index contributed by atoms with van der Waals surface area (Å²) in [5, 5.41) is 21.9. The Bertz CT molecular complexity index is 414. The predicted octanol–water partition coefficient (Wildman–Crippen LogP) is 0.532. The molecule has 0 bridgehead atoms. The van der Waals surface area contributed by atoms with Gasteiger partial charge in [-0.2, -0.15) is 0 Å². The molecule has 5 nitrogen and oxygen atoms in total. The van der Waals surface area contributed by atoms with Crippen molar-refractivity contribution >= 4 is 5.91 Å². The molecule has 2 rings (SSSR count). The van der Waals surface area contributed by atoms with E-state index in [0.717, 1.165) is 13.1 Å². The van der Waals surface area contributed by atoms with Crippen LogP contribution >= 0.6 is 0 Å². The standard InChI is InChI=1S/C12H16N2O3/c1-8-7-13-2-3-14(8)12(17)9-4-10(15)6-11(16)5-9/h4-6,8,13,15-16H,2-3,7H2,1H3/t8-/m1/s1. The first-order valence-electron chi connectivity index (χ1n) is 5.62. The zero-order chi connectivity index (χ0) is 12.4. The molecule has 1 amide bonds. The van der Waals surface area contributed by atoms with Crippen LogP contribution in [-0.2, 0) is 0 Å². The number of benzene rings is 1. The summed E-state index contributed by atoms with van der Waals surface area (Å²) in [5.41, 5.74) is 0.316. The third-order valence-electron chi connectivity index (χ3n) is 2.91. The van der Waals surface area contributed by atoms with E-state index in [9.17, 15) is 15.0 Å². The van der Waals surface area contributed by atoms with E-state index in [1.165, 1.54) is 18.2 Å². The number of carbonyl (C=O) groups excluding carboxylic acids is 1. The smallest absolute Gasteiger partial charge is 0.254 e. The Morgan fingerprint density at radius 3 is 2.59 bits per heavy atom. The van der Waals surface area contributed by atoms with Crippen LogP contribution in [0.25, 0.3) is 0 Å². The molecule has 92 valence electrons. The van der Waals surface area contributed by atoms with Crippen molar-refractivity contribution in [3.63, 3.8) is 0 Å². The second kappa shape index (κ2) is 4.63. The van der Waals surface area contributed by atoms with Crippen LogP contribution in [0.3, 0.4) is 0 Å². The van der Waals surface area contributed by atoms with Gasteiger partial charge in [-0.05, 0) is 19.1 Å². The summed E-state index contributed by atoms with van der Waals surface area (Å²) in [6.45, 7) is 4.13. The number of hydrogen-bond acceptors (Lipinski definition) is 4. The Hall–Kier alpha value is -1.75. The highest BCUT2D eigenvalue weighted by Gasteiger charge is 2.24. The van der Waals surface area contributed by atoms with E-state index in [2.05, 4.69) is 5.32 Å². The number of piperazine rings is 1. The molecule has 0 spiro atoms. The van der Waals surface area contributed by atoms with Gasteiger partial charge in [-0.3, -0.25) is 4.79 Å². The lowest BCUT2D eigenvalue weighted by Gasteiger charge is -2.34. The zero-order valence-corrected chi connectivity index (χ0v) is 9.68. The molecule has 1 fully saturated rings. The Kier molecular flexibility index (Phi) is 3.19. The van der Waals surface area contributed by atoms with E-state index in [1.54, 1.807) is 4.90 Å². The summed E-state index contributed by atoms with van der Waals surface area (Å²) in [6.07, 6.45) is 0. The summed E-state index contributed by atoms with van der Waals surface area (Å²) in [7, 11) is 0. The van der Waals surface area contributed by atoms with Gasteiger partial charge in [0.15, 0.2) is 0 Å². The number of amides is 1. The van der Waals surface area contributed by atoms with Gasteiger partial charge in [0, 0.05) is 37.3 Å². The van der Waals surface area contributed by atoms with Gasteiger partial charge in [-0.25, -0.2) is 0 Å². The van der Waals surface area contributed by atoms with Gasteiger partial charge >= 0.3 is 0 Å². The van der Waals surface area contributed by atoms with E-state index < -0.39 is 0 Å². The Balaban J connectivity index is 2.23. The largest absolute Gasteiger partial charge is 0.508 e. The normalized spacial score (nSPS) is 20.3. The molecule has 1 aliphatic heterocycles. The topological polar surface area (TPSA) is 72.8 Å². The molecule has 0 saturated carbocycles. The SMILES string of the molecule is C[C@@H]1CNCCN1C(=O)c1cc(O)cc(O)c1. The summed E-state index contributed by atoms with van der Waals surface area (Å²) in [5.74, 6) is -0.363. The molecule has 5 heteroatoms. The maximum absolute atomic E-state index is 12.2. The molecule has 1 heterocycles. The second-order valence-corrected chi connectivity index (χ2v) is 4.29. The number of phenolic OH excluding ortho intramolecular Hbond substituents is 2. The molecule has 0 aliphatic carbocycles. The average molecular weight is 236 g/mol. The summed E-state index contributed by atoms with van der Waals surface area (Å²) >= 11 is 0. The molecule has 0 unspecified atom stereocenters. The summed E-state index contributed by atoms with van der Waals surface area (Å²) in [4.78, 5) is 13.9. The summed E-state index contributed by atoms with van der Waals surface area (Å²) < 4.78 is 0. The number of phenols is 2.